The van der Waals surface area contributed by atoms with E-state index in [9.17, 15) is 9.59 Å². The Bertz CT molecular complexity index is 1170. The van der Waals surface area contributed by atoms with E-state index in [0.29, 0.717) is 10.9 Å². The molecular formula is C20H16N4O2. The topological polar surface area (TPSA) is 70.5 Å². The van der Waals surface area contributed by atoms with E-state index < -0.39 is 0 Å². The molecule has 1 N–H and O–H groups in total. The van der Waals surface area contributed by atoms with Crippen molar-refractivity contribution in [3.8, 4) is 0 Å². The zero-order valence-electron chi connectivity index (χ0n) is 14.1. The number of H-pyrrole nitrogens is 1. The van der Waals surface area contributed by atoms with Crippen LogP contribution in [0.5, 0.6) is 0 Å². The Morgan fingerprint density at radius 2 is 1.88 bits per heavy atom. The zero-order chi connectivity index (χ0) is 18.1. The second kappa shape index (κ2) is 6.33. The first kappa shape index (κ1) is 15.8. The summed E-state index contributed by atoms with van der Waals surface area (Å²) in [7, 11) is 0. The molecule has 6 heteroatoms. The van der Waals surface area contributed by atoms with Crippen molar-refractivity contribution >= 4 is 33.9 Å². The first-order valence-corrected chi connectivity index (χ1v) is 8.16. The summed E-state index contributed by atoms with van der Waals surface area (Å²) < 4.78 is 1.57. The molecular weight excluding hydrogens is 328 g/mol. The fourth-order valence-electron chi connectivity index (χ4n) is 2.93. The van der Waals surface area contributed by atoms with Crippen molar-refractivity contribution in [2.75, 3.05) is 5.12 Å². The Kier molecular flexibility index (Phi) is 3.85. The van der Waals surface area contributed by atoms with E-state index in [1.165, 1.54) is 18.1 Å². The van der Waals surface area contributed by atoms with Crippen LogP contribution >= 0.6 is 0 Å². The molecule has 2 aromatic heterocycles. The van der Waals surface area contributed by atoms with E-state index in [4.69, 9.17) is 0 Å². The van der Waals surface area contributed by atoms with Crippen LogP contribution in [-0.4, -0.2) is 21.8 Å². The number of fused-ring (bicyclic) bond motifs is 2. The molecule has 0 aliphatic rings. The van der Waals surface area contributed by atoms with E-state index in [1.54, 1.807) is 35.3 Å². The normalized spacial score (nSPS) is 11.4. The van der Waals surface area contributed by atoms with Crippen LogP contribution in [0.1, 0.15) is 12.6 Å². The summed E-state index contributed by atoms with van der Waals surface area (Å²) in [6, 6.07) is 18.4. The maximum atomic E-state index is 12.2. The van der Waals surface area contributed by atoms with Crippen molar-refractivity contribution in [1.82, 2.24) is 9.66 Å². The van der Waals surface area contributed by atoms with Gasteiger partial charge in [-0.15, -0.1) is 5.12 Å². The summed E-state index contributed by atoms with van der Waals surface area (Å²) >= 11 is 0. The van der Waals surface area contributed by atoms with Crippen molar-refractivity contribution in [3.63, 3.8) is 0 Å². The number of hydrazone groups is 1. The Morgan fingerprint density at radius 3 is 2.69 bits per heavy atom. The molecule has 4 rings (SSSR count). The summed E-state index contributed by atoms with van der Waals surface area (Å²) in [5, 5.41) is 7.15. The minimum atomic E-state index is -0.272. The van der Waals surface area contributed by atoms with Gasteiger partial charge in [0.15, 0.2) is 5.43 Å². The first-order chi connectivity index (χ1) is 12.6. The van der Waals surface area contributed by atoms with Crippen LogP contribution in [0, 0.1) is 0 Å². The number of benzene rings is 2. The van der Waals surface area contributed by atoms with Gasteiger partial charge in [-0.25, -0.2) is 4.68 Å². The number of hydrogen-bond acceptors (Lipinski definition) is 3. The van der Waals surface area contributed by atoms with Gasteiger partial charge in [0.1, 0.15) is 0 Å². The molecule has 0 radical (unpaired) electrons. The molecule has 0 aliphatic carbocycles. The lowest BCUT2D eigenvalue weighted by molar-refractivity contribution is -0.118. The fraction of sp³-hybridized carbons (Fsp3) is 0.0500. The van der Waals surface area contributed by atoms with Gasteiger partial charge in [-0.05, 0) is 24.3 Å². The van der Waals surface area contributed by atoms with Gasteiger partial charge in [0.2, 0.25) is 0 Å². The lowest BCUT2D eigenvalue weighted by atomic mass is 10.2. The van der Waals surface area contributed by atoms with Crippen LogP contribution in [0.2, 0.25) is 0 Å². The van der Waals surface area contributed by atoms with Crippen LogP contribution < -0.4 is 10.5 Å². The van der Waals surface area contributed by atoms with Crippen LogP contribution in [-0.2, 0) is 4.79 Å². The zero-order valence-corrected chi connectivity index (χ0v) is 14.1. The highest BCUT2D eigenvalue weighted by atomic mass is 16.2. The van der Waals surface area contributed by atoms with Crippen molar-refractivity contribution < 1.29 is 4.79 Å². The molecule has 0 fully saturated rings. The predicted octanol–water partition coefficient (Wildman–Crippen LogP) is 3.00. The van der Waals surface area contributed by atoms with Gasteiger partial charge in [-0.2, -0.15) is 5.10 Å². The number of amides is 1. The monoisotopic (exact) mass is 344 g/mol. The number of nitrogens with zero attached hydrogens (tertiary/aromatic N) is 3. The van der Waals surface area contributed by atoms with E-state index in [-0.39, 0.29) is 11.3 Å². The molecule has 1 amide bonds. The molecule has 2 heterocycles. The first-order valence-electron chi connectivity index (χ1n) is 8.16. The average molecular weight is 344 g/mol. The summed E-state index contributed by atoms with van der Waals surface area (Å²) in [5.41, 5.74) is 2.30. The van der Waals surface area contributed by atoms with E-state index in [1.807, 2.05) is 36.4 Å². The quantitative estimate of drug-likeness (QED) is 0.458. The molecule has 128 valence electrons. The summed E-state index contributed by atoms with van der Waals surface area (Å²) in [6.45, 7) is 1.43. The summed E-state index contributed by atoms with van der Waals surface area (Å²) in [6.07, 6.45) is 3.14. The molecule has 4 aromatic rings. The van der Waals surface area contributed by atoms with Gasteiger partial charge in [0, 0.05) is 35.5 Å². The van der Waals surface area contributed by atoms with Crippen molar-refractivity contribution in [3.05, 3.63) is 82.8 Å². The Labute approximate surface area is 149 Å². The summed E-state index contributed by atoms with van der Waals surface area (Å²) in [4.78, 5) is 27.5. The molecule has 6 nitrogen and oxygen atoms in total. The largest absolute Gasteiger partial charge is 0.354 e. The van der Waals surface area contributed by atoms with Gasteiger partial charge in [0.25, 0.3) is 5.91 Å². The SMILES string of the molecule is CC(=O)N(N=Cc1cc2ccccc2[nH]1)n1ccc(=O)c2ccccc21. The number of pyridine rings is 1. The van der Waals surface area contributed by atoms with Gasteiger partial charge in [-0.3, -0.25) is 9.59 Å². The maximum Gasteiger partial charge on any atom is 0.259 e. The second-order valence-corrected chi connectivity index (χ2v) is 5.91. The third-order valence-corrected chi connectivity index (χ3v) is 4.13. The van der Waals surface area contributed by atoms with Gasteiger partial charge < -0.3 is 4.98 Å². The lowest BCUT2D eigenvalue weighted by Crippen LogP contribution is -2.34. The molecule has 0 aliphatic heterocycles. The van der Waals surface area contributed by atoms with Gasteiger partial charge in [0.05, 0.1) is 17.4 Å². The number of nitrogens with one attached hydrogen (secondary N) is 1. The molecule has 0 spiro atoms. The molecule has 2 aromatic carbocycles. The van der Waals surface area contributed by atoms with Crippen LogP contribution in [0.25, 0.3) is 21.8 Å². The maximum absolute atomic E-state index is 12.2. The standard InChI is InChI=1S/C20H16N4O2/c1-14(25)24(21-13-16-12-15-6-2-4-8-18(15)22-16)23-11-10-20(26)17-7-3-5-9-19(17)23/h2-13,22H,1H3. The number of aromatic amines is 1. The molecule has 26 heavy (non-hydrogen) atoms. The van der Waals surface area contributed by atoms with E-state index >= 15 is 0 Å². The van der Waals surface area contributed by atoms with Crippen LogP contribution in [0.4, 0.5) is 0 Å². The Balaban J connectivity index is 1.78. The number of para-hydroxylation sites is 2. The smallest absolute Gasteiger partial charge is 0.259 e. The lowest BCUT2D eigenvalue weighted by Gasteiger charge is -2.20. The highest BCUT2D eigenvalue weighted by Crippen LogP contribution is 2.14. The fourth-order valence-corrected chi connectivity index (χ4v) is 2.93. The third-order valence-electron chi connectivity index (χ3n) is 4.13. The van der Waals surface area contributed by atoms with Crippen molar-refractivity contribution in [2.45, 2.75) is 6.92 Å². The minimum Gasteiger partial charge on any atom is -0.354 e. The van der Waals surface area contributed by atoms with E-state index in [2.05, 4.69) is 10.1 Å². The molecule has 0 unspecified atom stereocenters. The number of hydrogen-bond donors (Lipinski definition) is 1. The highest BCUT2D eigenvalue weighted by Gasteiger charge is 2.12. The van der Waals surface area contributed by atoms with Crippen molar-refractivity contribution in [2.24, 2.45) is 5.10 Å². The van der Waals surface area contributed by atoms with Gasteiger partial charge >= 0.3 is 0 Å². The Morgan fingerprint density at radius 1 is 1.12 bits per heavy atom. The minimum absolute atomic E-state index is 0.0973. The van der Waals surface area contributed by atoms with Crippen molar-refractivity contribution in [1.29, 1.82) is 0 Å². The number of carbonyl (C=O) groups is 1. The number of aromatic nitrogens is 2. The van der Waals surface area contributed by atoms with Gasteiger partial charge in [-0.1, -0.05) is 30.3 Å². The average Bonchev–Trinajstić information content (AvgIpc) is 3.06. The highest BCUT2D eigenvalue weighted by molar-refractivity contribution is 5.92. The molecule has 0 atom stereocenters. The molecule has 0 saturated heterocycles. The number of carbonyl (C=O) groups excluding carboxylic acids is 1. The molecule has 0 bridgehead atoms. The van der Waals surface area contributed by atoms with Crippen LogP contribution in [0.15, 0.2) is 76.8 Å². The second-order valence-electron chi connectivity index (χ2n) is 5.91. The Hall–Kier alpha value is -3.67. The van der Waals surface area contributed by atoms with Crippen LogP contribution in [0.3, 0.4) is 0 Å². The summed E-state index contributed by atoms with van der Waals surface area (Å²) in [5.74, 6) is -0.272. The molecule has 0 saturated carbocycles. The predicted molar refractivity (Wildman–Crippen MR) is 103 cm³/mol. The number of rotatable bonds is 3. The van der Waals surface area contributed by atoms with E-state index in [0.717, 1.165) is 16.6 Å². The third kappa shape index (κ3) is 2.77.